The van der Waals surface area contributed by atoms with E-state index in [1.54, 1.807) is 6.07 Å². The first-order valence-electron chi connectivity index (χ1n) is 6.79. The molecule has 0 spiro atoms. The standard InChI is InChI=1S/C16H14Br2ClNO3/c1-2-23-15-10(5-11(17)7-12(15)18)8-20-14-6-9(16(21)22)3-4-13(14)19/h3-7,20H,2,8H2,1H3,(H,21,22). The molecule has 0 aliphatic rings. The predicted molar refractivity (Wildman–Crippen MR) is 98.7 cm³/mol. The number of benzene rings is 2. The van der Waals surface area contributed by atoms with Crippen molar-refractivity contribution in [3.63, 3.8) is 0 Å². The van der Waals surface area contributed by atoms with Crippen molar-refractivity contribution in [1.29, 1.82) is 0 Å². The second kappa shape index (κ2) is 8.04. The van der Waals surface area contributed by atoms with Gasteiger partial charge in [-0.1, -0.05) is 27.5 Å². The van der Waals surface area contributed by atoms with Crippen LogP contribution in [0.15, 0.2) is 39.3 Å². The largest absolute Gasteiger partial charge is 0.492 e. The quantitative estimate of drug-likeness (QED) is 0.588. The SMILES string of the molecule is CCOc1c(Br)cc(Br)cc1CNc1cc(C(=O)O)ccc1Cl. The van der Waals surface area contributed by atoms with Crippen LogP contribution in [0.25, 0.3) is 0 Å². The normalized spacial score (nSPS) is 10.4. The number of rotatable bonds is 6. The third kappa shape index (κ3) is 4.62. The van der Waals surface area contributed by atoms with Crippen molar-refractivity contribution in [2.75, 3.05) is 11.9 Å². The molecule has 0 aliphatic heterocycles. The molecule has 2 N–H and O–H groups in total. The van der Waals surface area contributed by atoms with Gasteiger partial charge in [0.2, 0.25) is 0 Å². The molecule has 2 rings (SSSR count). The third-order valence-corrected chi connectivity index (χ3v) is 4.43. The first-order valence-corrected chi connectivity index (χ1v) is 8.76. The van der Waals surface area contributed by atoms with E-state index in [-0.39, 0.29) is 5.56 Å². The molecule has 4 nitrogen and oxygen atoms in total. The summed E-state index contributed by atoms with van der Waals surface area (Å²) in [5.74, 6) is -0.251. The summed E-state index contributed by atoms with van der Waals surface area (Å²) in [5, 5.41) is 12.7. The zero-order chi connectivity index (χ0) is 17.0. The summed E-state index contributed by atoms with van der Waals surface area (Å²) in [7, 11) is 0. The van der Waals surface area contributed by atoms with E-state index < -0.39 is 5.97 Å². The summed E-state index contributed by atoms with van der Waals surface area (Å²) in [6, 6.07) is 8.40. The number of carboxylic acid groups (broad SMARTS) is 1. The van der Waals surface area contributed by atoms with Crippen LogP contribution in [0.2, 0.25) is 5.02 Å². The minimum Gasteiger partial charge on any atom is -0.492 e. The fourth-order valence-corrected chi connectivity index (χ4v) is 3.65. The lowest BCUT2D eigenvalue weighted by Crippen LogP contribution is -2.05. The number of hydrogen-bond acceptors (Lipinski definition) is 3. The van der Waals surface area contributed by atoms with Gasteiger partial charge in [0, 0.05) is 16.6 Å². The maximum atomic E-state index is 11.1. The molecule has 0 aliphatic carbocycles. The molecule has 23 heavy (non-hydrogen) atoms. The molecular formula is C16H14Br2ClNO3. The summed E-state index contributed by atoms with van der Waals surface area (Å²) < 4.78 is 7.42. The number of carbonyl (C=O) groups is 1. The second-order valence-electron chi connectivity index (χ2n) is 4.66. The average molecular weight is 464 g/mol. The Bertz CT molecular complexity index is 738. The highest BCUT2D eigenvalue weighted by atomic mass is 79.9. The maximum Gasteiger partial charge on any atom is 0.335 e. The van der Waals surface area contributed by atoms with E-state index in [0.29, 0.717) is 23.9 Å². The van der Waals surface area contributed by atoms with Gasteiger partial charge < -0.3 is 15.2 Å². The monoisotopic (exact) mass is 461 g/mol. The van der Waals surface area contributed by atoms with Gasteiger partial charge in [0.05, 0.1) is 27.4 Å². The first kappa shape index (κ1) is 18.1. The van der Waals surface area contributed by atoms with E-state index >= 15 is 0 Å². The number of ether oxygens (including phenoxy) is 1. The summed E-state index contributed by atoms with van der Waals surface area (Å²) in [5.41, 5.74) is 1.66. The van der Waals surface area contributed by atoms with Crippen molar-refractivity contribution in [2.45, 2.75) is 13.5 Å². The first-order chi connectivity index (χ1) is 10.9. The second-order valence-corrected chi connectivity index (χ2v) is 6.84. The van der Waals surface area contributed by atoms with Crippen LogP contribution in [0.4, 0.5) is 5.69 Å². The van der Waals surface area contributed by atoms with Crippen LogP contribution < -0.4 is 10.1 Å². The lowest BCUT2D eigenvalue weighted by atomic mass is 10.1. The van der Waals surface area contributed by atoms with Gasteiger partial charge in [-0.05, 0) is 53.2 Å². The molecule has 0 unspecified atom stereocenters. The molecule has 0 fully saturated rings. The fourth-order valence-electron chi connectivity index (χ4n) is 2.04. The molecule has 7 heteroatoms. The van der Waals surface area contributed by atoms with Gasteiger partial charge in [0.1, 0.15) is 5.75 Å². The zero-order valence-corrected chi connectivity index (χ0v) is 16.1. The van der Waals surface area contributed by atoms with Gasteiger partial charge in [-0.3, -0.25) is 0 Å². The molecule has 122 valence electrons. The van der Waals surface area contributed by atoms with Crippen molar-refractivity contribution < 1.29 is 14.6 Å². The smallest absolute Gasteiger partial charge is 0.335 e. The number of halogens is 3. The Morgan fingerprint density at radius 3 is 2.70 bits per heavy atom. The molecule has 2 aromatic carbocycles. The van der Waals surface area contributed by atoms with Crippen molar-refractivity contribution in [2.24, 2.45) is 0 Å². The topological polar surface area (TPSA) is 58.6 Å². The molecule has 2 aromatic rings. The molecular weight excluding hydrogens is 449 g/mol. The Labute approximate surface area is 156 Å². The Morgan fingerprint density at radius 1 is 1.30 bits per heavy atom. The third-order valence-electron chi connectivity index (χ3n) is 3.06. The lowest BCUT2D eigenvalue weighted by molar-refractivity contribution is 0.0697. The van der Waals surface area contributed by atoms with E-state index in [1.165, 1.54) is 12.1 Å². The minimum absolute atomic E-state index is 0.178. The Kier molecular flexibility index (Phi) is 6.33. The van der Waals surface area contributed by atoms with Crippen molar-refractivity contribution in [3.8, 4) is 5.75 Å². The molecule has 0 bridgehead atoms. The van der Waals surface area contributed by atoms with Crippen LogP contribution in [0, 0.1) is 0 Å². The molecule has 0 saturated heterocycles. The van der Waals surface area contributed by atoms with Crippen LogP contribution in [0.1, 0.15) is 22.8 Å². The van der Waals surface area contributed by atoms with Crippen LogP contribution in [0.5, 0.6) is 5.75 Å². The van der Waals surface area contributed by atoms with E-state index in [9.17, 15) is 4.79 Å². The molecule has 0 aromatic heterocycles. The summed E-state index contributed by atoms with van der Waals surface area (Å²) >= 11 is 13.1. The summed E-state index contributed by atoms with van der Waals surface area (Å²) in [6.07, 6.45) is 0. The molecule has 0 atom stereocenters. The predicted octanol–water partition coefficient (Wildman–Crippen LogP) is 5.57. The highest BCUT2D eigenvalue weighted by Crippen LogP contribution is 2.34. The van der Waals surface area contributed by atoms with Crippen LogP contribution in [-0.4, -0.2) is 17.7 Å². The van der Waals surface area contributed by atoms with Crippen molar-refractivity contribution in [3.05, 3.63) is 55.4 Å². The van der Waals surface area contributed by atoms with Gasteiger partial charge in [0.15, 0.2) is 0 Å². The highest BCUT2D eigenvalue weighted by molar-refractivity contribution is 9.11. The summed E-state index contributed by atoms with van der Waals surface area (Å²) in [6.45, 7) is 2.90. The summed E-state index contributed by atoms with van der Waals surface area (Å²) in [4.78, 5) is 11.1. The number of hydrogen-bond donors (Lipinski definition) is 2. The number of nitrogens with one attached hydrogen (secondary N) is 1. The van der Waals surface area contributed by atoms with Crippen LogP contribution >= 0.6 is 43.5 Å². The minimum atomic E-state index is -0.995. The molecule has 0 saturated carbocycles. The van der Waals surface area contributed by atoms with Gasteiger partial charge in [0.25, 0.3) is 0 Å². The fraction of sp³-hybridized carbons (Fsp3) is 0.188. The Balaban J connectivity index is 2.27. The van der Waals surface area contributed by atoms with Crippen molar-refractivity contribution in [1.82, 2.24) is 0 Å². The van der Waals surface area contributed by atoms with Gasteiger partial charge in [-0.15, -0.1) is 0 Å². The number of aromatic carboxylic acids is 1. The maximum absolute atomic E-state index is 11.1. The Hall–Kier alpha value is -1.24. The van der Waals surface area contributed by atoms with Crippen LogP contribution in [-0.2, 0) is 6.54 Å². The molecule has 0 radical (unpaired) electrons. The van der Waals surface area contributed by atoms with E-state index in [2.05, 4.69) is 37.2 Å². The van der Waals surface area contributed by atoms with Crippen molar-refractivity contribution >= 4 is 55.1 Å². The average Bonchev–Trinajstić information content (AvgIpc) is 2.49. The van der Waals surface area contributed by atoms with E-state index in [1.807, 2.05) is 19.1 Å². The van der Waals surface area contributed by atoms with E-state index in [4.69, 9.17) is 21.4 Å². The number of carboxylic acids is 1. The highest BCUT2D eigenvalue weighted by Gasteiger charge is 2.12. The molecule has 0 heterocycles. The lowest BCUT2D eigenvalue weighted by Gasteiger charge is -2.15. The molecule has 0 amide bonds. The zero-order valence-electron chi connectivity index (χ0n) is 12.2. The van der Waals surface area contributed by atoms with Crippen LogP contribution in [0.3, 0.4) is 0 Å². The van der Waals surface area contributed by atoms with E-state index in [0.717, 1.165) is 20.3 Å². The van der Waals surface area contributed by atoms with Gasteiger partial charge in [-0.2, -0.15) is 0 Å². The number of anilines is 1. The van der Waals surface area contributed by atoms with Gasteiger partial charge >= 0.3 is 5.97 Å². The van der Waals surface area contributed by atoms with Gasteiger partial charge in [-0.25, -0.2) is 4.79 Å². The Morgan fingerprint density at radius 2 is 2.04 bits per heavy atom.